The molecule has 0 radical (unpaired) electrons. The van der Waals surface area contributed by atoms with Gasteiger partial charge in [0, 0.05) is 18.6 Å². The molecule has 1 N–H and O–H groups in total. The van der Waals surface area contributed by atoms with Crippen LogP contribution in [0.15, 0.2) is 55.2 Å². The van der Waals surface area contributed by atoms with Crippen molar-refractivity contribution in [3.05, 3.63) is 72.5 Å². The number of para-hydroxylation sites is 1. The number of aromatic nitrogens is 5. The number of pyridine rings is 1. The van der Waals surface area contributed by atoms with Gasteiger partial charge in [0.05, 0.1) is 10.5 Å². The zero-order valence-corrected chi connectivity index (χ0v) is 13.1. The molecule has 0 fully saturated rings. The Morgan fingerprint density at radius 2 is 2.17 bits per heavy atom. The summed E-state index contributed by atoms with van der Waals surface area (Å²) in [4.78, 5) is 15.5. The van der Waals surface area contributed by atoms with Gasteiger partial charge in [-0.3, -0.25) is 4.57 Å². The molecule has 5 nitrogen and oxygen atoms in total. The second-order valence-corrected chi connectivity index (χ2v) is 5.54. The van der Waals surface area contributed by atoms with Crippen molar-refractivity contribution in [2.45, 2.75) is 0 Å². The van der Waals surface area contributed by atoms with E-state index in [-0.39, 0.29) is 11.3 Å². The van der Waals surface area contributed by atoms with E-state index in [1.807, 2.05) is 18.3 Å². The molecule has 0 saturated heterocycles. The Balaban J connectivity index is 1.65. The normalized spacial score (nSPS) is 12.0. The van der Waals surface area contributed by atoms with Crippen molar-refractivity contribution < 1.29 is 4.39 Å². The van der Waals surface area contributed by atoms with Gasteiger partial charge < -0.3 is 4.98 Å². The van der Waals surface area contributed by atoms with Crippen LogP contribution in [-0.4, -0.2) is 24.5 Å². The van der Waals surface area contributed by atoms with Crippen LogP contribution in [0.4, 0.5) is 4.39 Å². The number of imidazole rings is 2. The molecule has 7 heteroatoms. The Bertz CT molecular complexity index is 1020. The number of hydrogen-bond donors (Lipinski definition) is 1. The predicted molar refractivity (Wildman–Crippen MR) is 91.1 cm³/mol. The van der Waals surface area contributed by atoms with E-state index in [1.165, 1.54) is 6.07 Å². The number of benzene rings is 1. The maximum absolute atomic E-state index is 13.7. The van der Waals surface area contributed by atoms with Gasteiger partial charge in [0.25, 0.3) is 0 Å². The van der Waals surface area contributed by atoms with Gasteiger partial charge in [-0.25, -0.2) is 19.3 Å². The van der Waals surface area contributed by atoms with E-state index in [1.54, 1.807) is 41.5 Å². The fourth-order valence-corrected chi connectivity index (χ4v) is 2.57. The number of nitrogens with zero attached hydrogens (tertiary/aromatic N) is 4. The predicted octanol–water partition coefficient (Wildman–Crippen LogP) is 4.02. The van der Waals surface area contributed by atoms with Gasteiger partial charge in [-0.15, -0.1) is 0 Å². The van der Waals surface area contributed by atoms with Crippen molar-refractivity contribution in [3.63, 3.8) is 0 Å². The molecule has 3 aromatic heterocycles. The van der Waals surface area contributed by atoms with E-state index >= 15 is 0 Å². The van der Waals surface area contributed by atoms with Crippen molar-refractivity contribution in [3.8, 4) is 5.82 Å². The molecule has 0 aliphatic carbocycles. The smallest absolute Gasteiger partial charge is 0.151 e. The minimum atomic E-state index is -0.384. The standard InChI is InChI=1S/C17H11ClFN5/c18-12(17-22-14-3-1-2-13(19)16(14)23-17)8-11-4-5-15(21-9-11)24-7-6-20-10-24/h1-10H,(H,22,23)/b12-8-. The Morgan fingerprint density at radius 1 is 1.25 bits per heavy atom. The summed E-state index contributed by atoms with van der Waals surface area (Å²) < 4.78 is 15.5. The molecular formula is C17H11ClFN5. The lowest BCUT2D eigenvalue weighted by Gasteiger charge is -2.01. The SMILES string of the molecule is Fc1cccc2[nH]c(/C(Cl)=C/c3ccc(-n4ccnc4)nc3)nc12. The highest BCUT2D eigenvalue weighted by Gasteiger charge is 2.09. The lowest BCUT2D eigenvalue weighted by molar-refractivity contribution is 0.637. The molecule has 118 valence electrons. The van der Waals surface area contributed by atoms with E-state index in [4.69, 9.17) is 11.6 Å². The second-order valence-electron chi connectivity index (χ2n) is 5.13. The van der Waals surface area contributed by atoms with Crippen molar-refractivity contribution in [2.75, 3.05) is 0 Å². The summed E-state index contributed by atoms with van der Waals surface area (Å²) in [6.07, 6.45) is 8.59. The van der Waals surface area contributed by atoms with Crippen molar-refractivity contribution >= 4 is 33.7 Å². The largest absolute Gasteiger partial charge is 0.337 e. The molecule has 4 rings (SSSR count). The number of aromatic amines is 1. The van der Waals surface area contributed by atoms with Crippen LogP contribution in [0.3, 0.4) is 0 Å². The van der Waals surface area contributed by atoms with Gasteiger partial charge in [0.15, 0.2) is 5.82 Å². The molecule has 24 heavy (non-hydrogen) atoms. The Hall–Kier alpha value is -2.99. The van der Waals surface area contributed by atoms with Crippen LogP contribution in [0.25, 0.3) is 28.0 Å². The first kappa shape index (κ1) is 14.6. The maximum Gasteiger partial charge on any atom is 0.151 e. The molecule has 0 amide bonds. The molecule has 0 aliphatic heterocycles. The highest BCUT2D eigenvalue weighted by molar-refractivity contribution is 6.50. The fourth-order valence-electron chi connectivity index (χ4n) is 2.36. The summed E-state index contributed by atoms with van der Waals surface area (Å²) >= 11 is 6.31. The fraction of sp³-hybridized carbons (Fsp3) is 0. The minimum absolute atomic E-state index is 0.271. The summed E-state index contributed by atoms with van der Waals surface area (Å²) in [5.74, 6) is 0.785. The first-order chi connectivity index (χ1) is 11.7. The summed E-state index contributed by atoms with van der Waals surface area (Å²) in [5, 5.41) is 0.378. The van der Waals surface area contributed by atoms with E-state index in [0.29, 0.717) is 16.4 Å². The van der Waals surface area contributed by atoms with Crippen molar-refractivity contribution in [1.82, 2.24) is 24.5 Å². The molecule has 0 unspecified atom stereocenters. The lowest BCUT2D eigenvalue weighted by atomic mass is 10.2. The van der Waals surface area contributed by atoms with Crippen LogP contribution in [0, 0.1) is 5.82 Å². The molecule has 0 spiro atoms. The summed E-state index contributed by atoms with van der Waals surface area (Å²) in [5.41, 5.74) is 1.68. The molecule has 4 aromatic rings. The third kappa shape index (κ3) is 2.68. The quantitative estimate of drug-likeness (QED) is 0.613. The Labute approximate surface area is 141 Å². The maximum atomic E-state index is 13.7. The van der Waals surface area contributed by atoms with Gasteiger partial charge in [-0.1, -0.05) is 17.7 Å². The highest BCUT2D eigenvalue weighted by Crippen LogP contribution is 2.23. The molecule has 3 heterocycles. The van der Waals surface area contributed by atoms with Crippen LogP contribution in [0.5, 0.6) is 0 Å². The van der Waals surface area contributed by atoms with Crippen LogP contribution in [0.1, 0.15) is 11.4 Å². The van der Waals surface area contributed by atoms with Crippen molar-refractivity contribution in [1.29, 1.82) is 0 Å². The first-order valence-electron chi connectivity index (χ1n) is 7.17. The van der Waals surface area contributed by atoms with Gasteiger partial charge in [0.2, 0.25) is 0 Å². The van der Waals surface area contributed by atoms with Crippen molar-refractivity contribution in [2.24, 2.45) is 0 Å². The summed E-state index contributed by atoms with van der Waals surface area (Å²) in [6.45, 7) is 0. The van der Waals surface area contributed by atoms with Gasteiger partial charge in [-0.2, -0.15) is 0 Å². The first-order valence-corrected chi connectivity index (χ1v) is 7.55. The van der Waals surface area contributed by atoms with Gasteiger partial charge in [0.1, 0.15) is 23.5 Å². The van der Waals surface area contributed by atoms with E-state index < -0.39 is 0 Å². The topological polar surface area (TPSA) is 59.4 Å². The van der Waals surface area contributed by atoms with Gasteiger partial charge in [-0.05, 0) is 35.9 Å². The molecule has 0 bridgehead atoms. The number of rotatable bonds is 3. The summed E-state index contributed by atoms with van der Waals surface area (Å²) in [7, 11) is 0. The van der Waals surface area contributed by atoms with Gasteiger partial charge >= 0.3 is 0 Å². The monoisotopic (exact) mass is 339 g/mol. The van der Waals surface area contributed by atoms with Crippen LogP contribution >= 0.6 is 11.6 Å². The molecule has 0 atom stereocenters. The number of H-pyrrole nitrogens is 1. The number of halogens is 2. The summed E-state index contributed by atoms with van der Waals surface area (Å²) in [6, 6.07) is 8.48. The van der Waals surface area contributed by atoms with E-state index in [9.17, 15) is 4.39 Å². The zero-order chi connectivity index (χ0) is 16.5. The number of fused-ring (bicyclic) bond motifs is 1. The molecule has 0 aliphatic rings. The van der Waals surface area contributed by atoms with E-state index in [2.05, 4.69) is 19.9 Å². The number of hydrogen-bond acceptors (Lipinski definition) is 3. The minimum Gasteiger partial charge on any atom is -0.337 e. The zero-order valence-electron chi connectivity index (χ0n) is 12.3. The average Bonchev–Trinajstić information content (AvgIpc) is 3.26. The second kappa shape index (κ2) is 5.90. The average molecular weight is 340 g/mol. The third-order valence-corrected chi connectivity index (χ3v) is 3.81. The number of nitrogens with one attached hydrogen (secondary N) is 1. The lowest BCUT2D eigenvalue weighted by Crippen LogP contribution is -1.93. The van der Waals surface area contributed by atoms with E-state index in [0.717, 1.165) is 11.4 Å². The van der Waals surface area contributed by atoms with Crippen LogP contribution in [-0.2, 0) is 0 Å². The van der Waals surface area contributed by atoms with Crippen LogP contribution in [0.2, 0.25) is 0 Å². The molecule has 0 saturated carbocycles. The molecule has 1 aromatic carbocycles. The molecular weight excluding hydrogens is 329 g/mol. The highest BCUT2D eigenvalue weighted by atomic mass is 35.5. The Morgan fingerprint density at radius 3 is 2.88 bits per heavy atom. The Kier molecular flexibility index (Phi) is 3.59. The third-order valence-electron chi connectivity index (χ3n) is 3.52. The van der Waals surface area contributed by atoms with Crippen LogP contribution < -0.4 is 0 Å².